The SMILES string of the molecule is CCC(CC)(c1ccc(NC(=O)CCc2sc(NC(=O)NC(C)(C)C)nc2-c2ccc(Cl)cc2)cc1)P(=O)(O)O. The van der Waals surface area contributed by atoms with E-state index < -0.39 is 18.3 Å². The van der Waals surface area contributed by atoms with E-state index in [4.69, 9.17) is 11.6 Å². The minimum absolute atomic E-state index is 0.161. The van der Waals surface area contributed by atoms with Crippen molar-refractivity contribution in [2.45, 2.75) is 71.0 Å². The van der Waals surface area contributed by atoms with Crippen LogP contribution in [0.4, 0.5) is 15.6 Å². The molecule has 216 valence electrons. The van der Waals surface area contributed by atoms with Gasteiger partial charge in [0.2, 0.25) is 5.91 Å². The van der Waals surface area contributed by atoms with Gasteiger partial charge in [0, 0.05) is 33.1 Å². The number of amides is 3. The summed E-state index contributed by atoms with van der Waals surface area (Å²) >= 11 is 7.36. The number of carbonyl (C=O) groups is 2. The number of urea groups is 1. The maximum Gasteiger partial charge on any atom is 0.335 e. The standard InChI is InChI=1S/C28H36ClN4O5PS/c1-6-28(7-2,39(36,37)38)19-10-14-21(15-11-19)30-23(34)17-16-22-24(18-8-12-20(29)13-9-18)31-26(40-22)32-25(35)33-27(3,4)5/h8-15H,6-7,16-17H2,1-5H3,(H,30,34)(H2,36,37,38)(H2,31,32,33,35). The van der Waals surface area contributed by atoms with Crippen molar-refractivity contribution in [2.75, 3.05) is 10.6 Å². The highest BCUT2D eigenvalue weighted by Crippen LogP contribution is 2.60. The molecule has 3 rings (SSSR count). The van der Waals surface area contributed by atoms with Crippen LogP contribution in [-0.4, -0.2) is 32.2 Å². The first-order valence-corrected chi connectivity index (χ1v) is 15.8. The molecule has 0 unspecified atom stereocenters. The number of benzene rings is 2. The number of hydrogen-bond acceptors (Lipinski definition) is 5. The predicted molar refractivity (Wildman–Crippen MR) is 162 cm³/mol. The summed E-state index contributed by atoms with van der Waals surface area (Å²) in [5.74, 6) is -0.226. The molecule has 0 fully saturated rings. The Kier molecular flexibility index (Phi) is 10.2. The third kappa shape index (κ3) is 7.92. The number of aromatic nitrogens is 1. The molecule has 3 aromatic rings. The van der Waals surface area contributed by atoms with E-state index in [1.807, 2.05) is 32.9 Å². The molecular formula is C28H36ClN4O5PS. The largest absolute Gasteiger partial charge is 0.335 e. The molecule has 1 heterocycles. The Bertz CT molecular complexity index is 1380. The van der Waals surface area contributed by atoms with Gasteiger partial charge in [0.05, 0.1) is 10.9 Å². The zero-order valence-electron chi connectivity index (χ0n) is 23.2. The highest BCUT2D eigenvalue weighted by Gasteiger charge is 2.45. The van der Waals surface area contributed by atoms with Gasteiger partial charge in [-0.3, -0.25) is 14.7 Å². The van der Waals surface area contributed by atoms with Gasteiger partial charge in [-0.1, -0.05) is 49.7 Å². The third-order valence-electron chi connectivity index (χ3n) is 6.54. The van der Waals surface area contributed by atoms with Crippen LogP contribution in [0.2, 0.25) is 5.02 Å². The van der Waals surface area contributed by atoms with E-state index in [1.165, 1.54) is 11.3 Å². The fourth-order valence-electron chi connectivity index (χ4n) is 4.43. The van der Waals surface area contributed by atoms with Crippen molar-refractivity contribution in [3.05, 3.63) is 64.0 Å². The molecule has 0 aliphatic carbocycles. The van der Waals surface area contributed by atoms with E-state index in [2.05, 4.69) is 20.9 Å². The Labute approximate surface area is 243 Å². The van der Waals surface area contributed by atoms with E-state index in [0.717, 1.165) is 10.4 Å². The van der Waals surface area contributed by atoms with Crippen molar-refractivity contribution >= 4 is 53.3 Å². The molecule has 5 N–H and O–H groups in total. The number of rotatable bonds is 10. The lowest BCUT2D eigenvalue weighted by Crippen LogP contribution is -2.43. The zero-order chi connectivity index (χ0) is 29.7. The number of thiazole rings is 1. The molecule has 3 amide bonds. The summed E-state index contributed by atoms with van der Waals surface area (Å²) in [6, 6.07) is 13.5. The lowest BCUT2D eigenvalue weighted by atomic mass is 9.92. The second-order valence-electron chi connectivity index (χ2n) is 10.5. The highest BCUT2D eigenvalue weighted by molar-refractivity contribution is 7.53. The van der Waals surface area contributed by atoms with Crippen LogP contribution in [0.5, 0.6) is 0 Å². The van der Waals surface area contributed by atoms with Crippen LogP contribution in [0.25, 0.3) is 11.3 Å². The third-order valence-corrected chi connectivity index (χ3v) is 9.82. The summed E-state index contributed by atoms with van der Waals surface area (Å²) in [5.41, 5.74) is 2.14. The van der Waals surface area contributed by atoms with Crippen molar-refractivity contribution in [1.82, 2.24) is 10.3 Å². The van der Waals surface area contributed by atoms with Crippen LogP contribution in [-0.2, 0) is 20.9 Å². The molecule has 0 aliphatic heterocycles. The van der Waals surface area contributed by atoms with Gasteiger partial charge in [-0.15, -0.1) is 11.3 Å². The number of anilines is 2. The van der Waals surface area contributed by atoms with Crippen LogP contribution >= 0.6 is 30.5 Å². The van der Waals surface area contributed by atoms with Gasteiger partial charge in [0.15, 0.2) is 5.13 Å². The van der Waals surface area contributed by atoms with Crippen molar-refractivity contribution in [2.24, 2.45) is 0 Å². The number of nitrogens with one attached hydrogen (secondary N) is 3. The molecule has 0 aliphatic rings. The Hall–Kier alpha value is -2.75. The van der Waals surface area contributed by atoms with E-state index in [9.17, 15) is 23.9 Å². The van der Waals surface area contributed by atoms with E-state index in [-0.39, 0.29) is 18.4 Å². The molecule has 0 spiro atoms. The Morgan fingerprint density at radius 2 is 1.57 bits per heavy atom. The summed E-state index contributed by atoms with van der Waals surface area (Å²) in [4.78, 5) is 50.7. The summed E-state index contributed by atoms with van der Waals surface area (Å²) < 4.78 is 12.3. The molecule has 0 saturated heterocycles. The number of nitrogens with zero attached hydrogens (tertiary/aromatic N) is 1. The normalized spacial score (nSPS) is 12.2. The van der Waals surface area contributed by atoms with Gasteiger partial charge in [-0.2, -0.15) is 0 Å². The van der Waals surface area contributed by atoms with Crippen molar-refractivity contribution in [1.29, 1.82) is 0 Å². The van der Waals surface area contributed by atoms with Crippen LogP contribution in [0.15, 0.2) is 48.5 Å². The van der Waals surface area contributed by atoms with E-state index >= 15 is 0 Å². The molecule has 40 heavy (non-hydrogen) atoms. The van der Waals surface area contributed by atoms with Crippen LogP contribution in [0.3, 0.4) is 0 Å². The Morgan fingerprint density at radius 1 is 0.975 bits per heavy atom. The van der Waals surface area contributed by atoms with Crippen LogP contribution < -0.4 is 16.0 Å². The first kappa shape index (κ1) is 31.8. The molecule has 0 atom stereocenters. The lowest BCUT2D eigenvalue weighted by molar-refractivity contribution is -0.116. The number of aryl methyl sites for hydroxylation is 1. The highest BCUT2D eigenvalue weighted by atomic mass is 35.5. The monoisotopic (exact) mass is 606 g/mol. The first-order chi connectivity index (χ1) is 18.7. The van der Waals surface area contributed by atoms with Crippen molar-refractivity contribution in [3.8, 4) is 11.3 Å². The van der Waals surface area contributed by atoms with Gasteiger partial charge >= 0.3 is 13.6 Å². The van der Waals surface area contributed by atoms with Gasteiger partial charge < -0.3 is 20.4 Å². The number of halogens is 1. The fourth-order valence-corrected chi connectivity index (χ4v) is 6.84. The molecule has 2 aromatic carbocycles. The fraction of sp³-hybridized carbons (Fsp3) is 0.393. The molecular weight excluding hydrogens is 571 g/mol. The molecule has 0 bridgehead atoms. The summed E-state index contributed by atoms with van der Waals surface area (Å²) in [7, 11) is -4.40. The summed E-state index contributed by atoms with van der Waals surface area (Å²) in [6.45, 7) is 9.16. The zero-order valence-corrected chi connectivity index (χ0v) is 25.7. The van der Waals surface area contributed by atoms with Gasteiger partial charge in [-0.05, 0) is 69.9 Å². The molecule has 1 aromatic heterocycles. The minimum atomic E-state index is -4.40. The van der Waals surface area contributed by atoms with Gasteiger partial charge in [-0.25, -0.2) is 9.78 Å². The van der Waals surface area contributed by atoms with Gasteiger partial charge in [0.25, 0.3) is 0 Å². The van der Waals surface area contributed by atoms with Gasteiger partial charge in [0.1, 0.15) is 0 Å². The van der Waals surface area contributed by atoms with Crippen LogP contribution in [0.1, 0.15) is 64.3 Å². The van der Waals surface area contributed by atoms with E-state index in [0.29, 0.717) is 46.4 Å². The first-order valence-electron chi connectivity index (χ1n) is 13.0. The number of carbonyl (C=O) groups excluding carboxylic acids is 2. The maximum atomic E-state index is 12.8. The number of hydrogen-bond donors (Lipinski definition) is 5. The van der Waals surface area contributed by atoms with Crippen LogP contribution in [0, 0.1) is 0 Å². The predicted octanol–water partition coefficient (Wildman–Crippen LogP) is 7.15. The molecule has 0 radical (unpaired) electrons. The lowest BCUT2D eigenvalue weighted by Gasteiger charge is -2.33. The average Bonchev–Trinajstić information content (AvgIpc) is 3.25. The van der Waals surface area contributed by atoms with E-state index in [1.54, 1.807) is 50.2 Å². The van der Waals surface area contributed by atoms with Crippen molar-refractivity contribution in [3.63, 3.8) is 0 Å². The minimum Gasteiger partial charge on any atom is -0.333 e. The average molecular weight is 607 g/mol. The quantitative estimate of drug-likeness (QED) is 0.155. The van der Waals surface area contributed by atoms with Crippen molar-refractivity contribution < 1.29 is 23.9 Å². The smallest absolute Gasteiger partial charge is 0.333 e. The maximum absolute atomic E-state index is 12.8. The summed E-state index contributed by atoms with van der Waals surface area (Å²) in [6.07, 6.45) is 1.13. The molecule has 9 nitrogen and oxygen atoms in total. The molecule has 12 heteroatoms. The topological polar surface area (TPSA) is 141 Å². The Morgan fingerprint density at radius 3 is 2.10 bits per heavy atom. The summed E-state index contributed by atoms with van der Waals surface area (Å²) in [5, 5.41) is 8.22. The second-order valence-corrected chi connectivity index (χ2v) is 14.0. The molecule has 0 saturated carbocycles. The second kappa shape index (κ2) is 12.8. The Balaban J connectivity index is 1.74.